The first-order chi connectivity index (χ1) is 20.0. The first-order valence-corrected chi connectivity index (χ1v) is 14.5. The lowest BCUT2D eigenvalue weighted by atomic mass is 9.86. The summed E-state index contributed by atoms with van der Waals surface area (Å²) in [5.74, 6) is 1.18. The quantitative estimate of drug-likeness (QED) is 0.433. The average molecular weight is 571 g/mol. The Balaban J connectivity index is 1.19. The number of benzene rings is 1. The molecule has 3 fully saturated rings. The fourth-order valence-electron chi connectivity index (χ4n) is 5.87. The average Bonchev–Trinajstić information content (AvgIpc) is 3.41. The Labute approximate surface area is 237 Å². The van der Waals surface area contributed by atoms with Crippen molar-refractivity contribution in [1.82, 2.24) is 24.8 Å². The van der Waals surface area contributed by atoms with Gasteiger partial charge < -0.3 is 24.4 Å². The van der Waals surface area contributed by atoms with Crippen molar-refractivity contribution in [3.8, 4) is 11.7 Å². The molecule has 0 atom stereocenters. The number of nitrogens with zero attached hydrogens (tertiary/aromatic N) is 5. The molecule has 1 amide bonds. The van der Waals surface area contributed by atoms with Crippen LogP contribution in [0.4, 0.5) is 14.7 Å². The van der Waals surface area contributed by atoms with Crippen LogP contribution in [0.1, 0.15) is 50.8 Å². The number of alkyl halides is 2. The molecular weight excluding hydrogens is 534 g/mol. The normalized spacial score (nSPS) is 22.3. The number of para-hydroxylation sites is 2. The van der Waals surface area contributed by atoms with Crippen LogP contribution in [0, 0.1) is 11.8 Å². The van der Waals surface area contributed by atoms with Crippen molar-refractivity contribution in [2.75, 3.05) is 51.0 Å². The van der Waals surface area contributed by atoms with E-state index in [9.17, 15) is 13.6 Å². The highest BCUT2D eigenvalue weighted by molar-refractivity contribution is 5.79. The smallest absolute Gasteiger partial charge is 0.296 e. The molecular formula is C29H36F2N6O4. The Bertz CT molecular complexity index is 1330. The number of rotatable bonds is 8. The van der Waals surface area contributed by atoms with Crippen molar-refractivity contribution >= 4 is 22.9 Å². The standard InChI is InChI=1S/C29H36F2N6O4/c30-26(31)27-33-22-3-1-2-4-23(22)37(27)24-17-25(35-29(34-24)36-11-15-40-16-12-36)41-21-7-5-20(6-8-21)28(38)32-18-19-9-13-39-14-10-19/h1-4,17,19-21,26H,5-16,18H2,(H,32,38). The number of hydrogen-bond donors (Lipinski definition) is 1. The van der Waals surface area contributed by atoms with E-state index in [1.165, 1.54) is 4.57 Å². The molecule has 1 aromatic carbocycles. The van der Waals surface area contributed by atoms with Gasteiger partial charge in [0.05, 0.1) is 24.2 Å². The summed E-state index contributed by atoms with van der Waals surface area (Å²) >= 11 is 0. The minimum absolute atomic E-state index is 0.0366. The second kappa shape index (κ2) is 12.6. The number of imidazole rings is 1. The SMILES string of the molecule is O=C(NCC1CCOCC1)C1CCC(Oc2cc(-n3c(C(F)F)nc4ccccc43)nc(N3CCOCC3)n2)CC1. The van der Waals surface area contributed by atoms with E-state index in [0.29, 0.717) is 74.5 Å². The van der Waals surface area contributed by atoms with Crippen LogP contribution >= 0.6 is 0 Å². The van der Waals surface area contributed by atoms with Gasteiger partial charge in [0.2, 0.25) is 17.7 Å². The summed E-state index contributed by atoms with van der Waals surface area (Å²) in [5, 5.41) is 3.14. The molecule has 1 aliphatic carbocycles. The Morgan fingerprint density at radius 3 is 2.46 bits per heavy atom. The van der Waals surface area contributed by atoms with Gasteiger partial charge in [-0.15, -0.1) is 0 Å². The molecule has 2 aromatic heterocycles. The molecule has 41 heavy (non-hydrogen) atoms. The van der Waals surface area contributed by atoms with Gasteiger partial charge in [-0.2, -0.15) is 9.97 Å². The molecule has 0 spiro atoms. The molecule has 3 aliphatic rings. The highest BCUT2D eigenvalue weighted by Crippen LogP contribution is 2.32. The zero-order chi connectivity index (χ0) is 28.2. The van der Waals surface area contributed by atoms with Gasteiger partial charge in [-0.3, -0.25) is 9.36 Å². The first-order valence-electron chi connectivity index (χ1n) is 14.5. The number of carbonyl (C=O) groups excluding carboxylic acids is 1. The molecule has 4 heterocycles. The Kier molecular flexibility index (Phi) is 8.56. The third kappa shape index (κ3) is 6.43. The molecule has 220 valence electrons. The largest absolute Gasteiger partial charge is 0.474 e. The Morgan fingerprint density at radius 1 is 0.976 bits per heavy atom. The predicted molar refractivity (Wildman–Crippen MR) is 148 cm³/mol. The fourth-order valence-corrected chi connectivity index (χ4v) is 5.87. The molecule has 1 saturated carbocycles. The van der Waals surface area contributed by atoms with Crippen LogP contribution in [0.5, 0.6) is 5.88 Å². The number of fused-ring (bicyclic) bond motifs is 1. The third-order valence-electron chi connectivity index (χ3n) is 8.22. The number of halogens is 2. The molecule has 1 N–H and O–H groups in total. The van der Waals surface area contributed by atoms with E-state index < -0.39 is 6.43 Å². The summed E-state index contributed by atoms with van der Waals surface area (Å²) in [4.78, 5) is 28.3. The van der Waals surface area contributed by atoms with E-state index in [4.69, 9.17) is 14.2 Å². The molecule has 6 rings (SSSR count). The van der Waals surface area contributed by atoms with Crippen molar-refractivity contribution in [1.29, 1.82) is 0 Å². The third-order valence-corrected chi connectivity index (χ3v) is 8.22. The van der Waals surface area contributed by atoms with Gasteiger partial charge in [-0.25, -0.2) is 13.8 Å². The maximum atomic E-state index is 14.1. The predicted octanol–water partition coefficient (Wildman–Crippen LogP) is 4.07. The van der Waals surface area contributed by atoms with Crippen LogP contribution < -0.4 is 15.0 Å². The van der Waals surface area contributed by atoms with Crippen molar-refractivity contribution in [3.63, 3.8) is 0 Å². The van der Waals surface area contributed by atoms with Gasteiger partial charge in [0, 0.05) is 44.8 Å². The number of morpholine rings is 1. The Hall–Kier alpha value is -3.38. The lowest BCUT2D eigenvalue weighted by molar-refractivity contribution is -0.126. The van der Waals surface area contributed by atoms with Crippen molar-refractivity contribution in [2.45, 2.75) is 51.1 Å². The fraction of sp³-hybridized carbons (Fsp3) is 0.586. The molecule has 12 heteroatoms. The van der Waals surface area contributed by atoms with Gasteiger partial charge in [0.15, 0.2) is 5.82 Å². The number of ether oxygens (including phenoxy) is 3. The molecule has 2 saturated heterocycles. The maximum Gasteiger partial charge on any atom is 0.296 e. The lowest BCUT2D eigenvalue weighted by Crippen LogP contribution is -2.39. The zero-order valence-electron chi connectivity index (χ0n) is 23.0. The van der Waals surface area contributed by atoms with Crippen molar-refractivity contribution in [3.05, 3.63) is 36.2 Å². The van der Waals surface area contributed by atoms with Crippen molar-refractivity contribution < 1.29 is 27.8 Å². The molecule has 0 bridgehead atoms. The van der Waals surface area contributed by atoms with Crippen LogP contribution in [-0.4, -0.2) is 77.6 Å². The van der Waals surface area contributed by atoms with Crippen molar-refractivity contribution in [2.24, 2.45) is 11.8 Å². The second-order valence-electron chi connectivity index (χ2n) is 11.0. The van der Waals surface area contributed by atoms with Gasteiger partial charge in [0.1, 0.15) is 11.9 Å². The summed E-state index contributed by atoms with van der Waals surface area (Å²) in [6, 6.07) is 8.62. The molecule has 0 unspecified atom stereocenters. The lowest BCUT2D eigenvalue weighted by Gasteiger charge is -2.30. The van der Waals surface area contributed by atoms with E-state index in [0.717, 1.165) is 38.9 Å². The number of nitrogens with one attached hydrogen (secondary N) is 1. The number of amides is 1. The van der Waals surface area contributed by atoms with Crippen LogP contribution in [-0.2, 0) is 14.3 Å². The minimum atomic E-state index is -2.79. The number of carbonyl (C=O) groups is 1. The summed E-state index contributed by atoms with van der Waals surface area (Å²) in [6.07, 6.45) is 1.91. The molecule has 3 aromatic rings. The molecule has 0 radical (unpaired) electrons. The van der Waals surface area contributed by atoms with E-state index in [1.807, 2.05) is 4.90 Å². The first kappa shape index (κ1) is 27.8. The van der Waals surface area contributed by atoms with E-state index in [-0.39, 0.29) is 29.6 Å². The van der Waals surface area contributed by atoms with Crippen LogP contribution in [0.15, 0.2) is 30.3 Å². The van der Waals surface area contributed by atoms with Gasteiger partial charge >= 0.3 is 0 Å². The van der Waals surface area contributed by atoms with Gasteiger partial charge in [-0.05, 0) is 56.6 Å². The van der Waals surface area contributed by atoms with Crippen LogP contribution in [0.2, 0.25) is 0 Å². The van der Waals surface area contributed by atoms with Gasteiger partial charge in [0.25, 0.3) is 6.43 Å². The number of aromatic nitrogens is 4. The topological polar surface area (TPSA) is 104 Å². The van der Waals surface area contributed by atoms with E-state index in [2.05, 4.69) is 20.3 Å². The van der Waals surface area contributed by atoms with Crippen LogP contribution in [0.3, 0.4) is 0 Å². The van der Waals surface area contributed by atoms with E-state index in [1.54, 1.807) is 30.3 Å². The van der Waals surface area contributed by atoms with Crippen LogP contribution in [0.25, 0.3) is 16.9 Å². The molecule has 2 aliphatic heterocycles. The number of hydrogen-bond acceptors (Lipinski definition) is 8. The summed E-state index contributed by atoms with van der Waals surface area (Å²) in [6.45, 7) is 4.47. The molecule has 10 nitrogen and oxygen atoms in total. The van der Waals surface area contributed by atoms with E-state index >= 15 is 0 Å². The zero-order valence-corrected chi connectivity index (χ0v) is 23.0. The monoisotopic (exact) mass is 570 g/mol. The van der Waals surface area contributed by atoms with Gasteiger partial charge in [-0.1, -0.05) is 12.1 Å². The summed E-state index contributed by atoms with van der Waals surface area (Å²) < 4.78 is 46.9. The second-order valence-corrected chi connectivity index (χ2v) is 11.0. The highest BCUT2D eigenvalue weighted by atomic mass is 19.3. The summed E-state index contributed by atoms with van der Waals surface area (Å²) in [7, 11) is 0. The summed E-state index contributed by atoms with van der Waals surface area (Å²) in [5.41, 5.74) is 0.998. The Morgan fingerprint density at radius 2 is 1.71 bits per heavy atom. The highest BCUT2D eigenvalue weighted by Gasteiger charge is 2.29. The minimum Gasteiger partial charge on any atom is -0.474 e. The number of anilines is 1. The maximum absolute atomic E-state index is 14.1.